The van der Waals surface area contributed by atoms with Crippen molar-refractivity contribution < 1.29 is 9.59 Å². The maximum atomic E-state index is 12.3. The second-order valence-corrected chi connectivity index (χ2v) is 5.46. The minimum absolute atomic E-state index is 0.150. The highest BCUT2D eigenvalue weighted by molar-refractivity contribution is 7.10. The first-order valence-corrected chi connectivity index (χ1v) is 7.57. The molecule has 0 saturated heterocycles. The fraction of sp³-hybridized carbons (Fsp3) is 0.267. The number of amides is 2. The van der Waals surface area contributed by atoms with Crippen molar-refractivity contribution in [3.63, 3.8) is 0 Å². The van der Waals surface area contributed by atoms with Gasteiger partial charge in [-0.05, 0) is 36.2 Å². The molecule has 1 aromatic carbocycles. The first-order valence-electron chi connectivity index (χ1n) is 6.80. The maximum absolute atomic E-state index is 12.3. The monoisotopic (exact) mass is 318 g/mol. The van der Waals surface area contributed by atoms with E-state index in [1.807, 2.05) is 6.07 Å². The summed E-state index contributed by atoms with van der Waals surface area (Å²) in [5, 5.41) is 9.15. The molecule has 6 nitrogen and oxygen atoms in total. The molecule has 0 bridgehead atoms. The fourth-order valence-corrected chi connectivity index (χ4v) is 2.79. The van der Waals surface area contributed by atoms with Crippen molar-refractivity contribution in [1.29, 1.82) is 0 Å². The van der Waals surface area contributed by atoms with E-state index in [1.54, 1.807) is 39.2 Å². The molecule has 22 heavy (non-hydrogen) atoms. The number of benzene rings is 1. The molecule has 0 spiro atoms. The molecule has 0 radical (unpaired) electrons. The van der Waals surface area contributed by atoms with Gasteiger partial charge in [0.1, 0.15) is 5.00 Å². The Bertz CT molecular complexity index is 697. The standard InChI is InChI=1S/C15H18N4O2S/c1-9-12(15(17-3)22-19-9)14(21)18-8-10-5-4-6-11(7-10)13(20)16-2/h4-7,17H,8H2,1-3H3,(H,16,20)(H,18,21). The van der Waals surface area contributed by atoms with Crippen molar-refractivity contribution >= 4 is 28.3 Å². The molecule has 3 N–H and O–H groups in total. The van der Waals surface area contributed by atoms with Crippen LogP contribution in [0, 0.1) is 6.92 Å². The maximum Gasteiger partial charge on any atom is 0.256 e. The highest BCUT2D eigenvalue weighted by atomic mass is 32.1. The largest absolute Gasteiger partial charge is 0.378 e. The van der Waals surface area contributed by atoms with E-state index < -0.39 is 0 Å². The number of hydrogen-bond acceptors (Lipinski definition) is 5. The van der Waals surface area contributed by atoms with Gasteiger partial charge >= 0.3 is 0 Å². The predicted octanol–water partition coefficient (Wildman–Crippen LogP) is 1.78. The summed E-state index contributed by atoms with van der Waals surface area (Å²) in [5.41, 5.74) is 2.70. The lowest BCUT2D eigenvalue weighted by molar-refractivity contribution is 0.0949. The van der Waals surface area contributed by atoms with Gasteiger partial charge in [-0.1, -0.05) is 12.1 Å². The summed E-state index contributed by atoms with van der Waals surface area (Å²) >= 11 is 1.26. The number of carbonyl (C=O) groups excluding carboxylic acids is 2. The number of aromatic nitrogens is 1. The minimum Gasteiger partial charge on any atom is -0.378 e. The molecule has 0 atom stereocenters. The highest BCUT2D eigenvalue weighted by Gasteiger charge is 2.17. The lowest BCUT2D eigenvalue weighted by atomic mass is 10.1. The summed E-state index contributed by atoms with van der Waals surface area (Å²) in [7, 11) is 3.35. The Morgan fingerprint density at radius 3 is 2.68 bits per heavy atom. The summed E-state index contributed by atoms with van der Waals surface area (Å²) in [5.74, 6) is -0.329. The van der Waals surface area contributed by atoms with Gasteiger partial charge in [-0.25, -0.2) is 0 Å². The average molecular weight is 318 g/mol. The van der Waals surface area contributed by atoms with Gasteiger partial charge in [-0.3, -0.25) is 9.59 Å². The van der Waals surface area contributed by atoms with Crippen LogP contribution >= 0.6 is 11.5 Å². The topological polar surface area (TPSA) is 83.1 Å². The minimum atomic E-state index is -0.180. The Balaban J connectivity index is 2.08. The molecule has 2 rings (SSSR count). The first kappa shape index (κ1) is 16.0. The zero-order chi connectivity index (χ0) is 16.1. The number of hydrogen-bond donors (Lipinski definition) is 3. The lowest BCUT2D eigenvalue weighted by Crippen LogP contribution is -2.24. The third kappa shape index (κ3) is 3.43. The van der Waals surface area contributed by atoms with Crippen LogP contribution in [0.5, 0.6) is 0 Å². The average Bonchev–Trinajstić information content (AvgIpc) is 2.93. The molecule has 0 aliphatic rings. The van der Waals surface area contributed by atoms with E-state index in [0.29, 0.717) is 23.4 Å². The Hall–Kier alpha value is -2.41. The second-order valence-electron chi connectivity index (χ2n) is 4.68. The third-order valence-corrected chi connectivity index (χ3v) is 4.14. The van der Waals surface area contributed by atoms with Crippen LogP contribution in [0.25, 0.3) is 0 Å². The van der Waals surface area contributed by atoms with Crippen LogP contribution in [-0.2, 0) is 6.54 Å². The molecule has 2 amide bonds. The molecule has 116 valence electrons. The zero-order valence-electron chi connectivity index (χ0n) is 12.7. The van der Waals surface area contributed by atoms with E-state index in [1.165, 1.54) is 11.5 Å². The van der Waals surface area contributed by atoms with E-state index in [2.05, 4.69) is 20.3 Å². The molecule has 0 unspecified atom stereocenters. The summed E-state index contributed by atoms with van der Waals surface area (Å²) in [4.78, 5) is 23.9. The predicted molar refractivity (Wildman–Crippen MR) is 87.4 cm³/mol. The normalized spacial score (nSPS) is 10.1. The molecule has 1 heterocycles. The first-order chi connectivity index (χ1) is 10.6. The molecular weight excluding hydrogens is 300 g/mol. The van der Waals surface area contributed by atoms with Crippen LogP contribution in [0.15, 0.2) is 24.3 Å². The van der Waals surface area contributed by atoms with Gasteiger partial charge in [0.2, 0.25) is 0 Å². The number of rotatable bonds is 5. The molecular formula is C15H18N4O2S. The lowest BCUT2D eigenvalue weighted by Gasteiger charge is -2.08. The molecule has 2 aromatic rings. The van der Waals surface area contributed by atoms with Crippen molar-refractivity contribution in [3.05, 3.63) is 46.6 Å². The van der Waals surface area contributed by atoms with Gasteiger partial charge < -0.3 is 16.0 Å². The molecule has 1 aromatic heterocycles. The molecule has 0 aliphatic carbocycles. The van der Waals surface area contributed by atoms with Crippen LogP contribution < -0.4 is 16.0 Å². The number of aryl methyl sites for hydroxylation is 1. The van der Waals surface area contributed by atoms with Crippen LogP contribution in [0.2, 0.25) is 0 Å². The fourth-order valence-electron chi connectivity index (χ4n) is 2.05. The molecule has 7 heteroatoms. The Labute approximate surface area is 133 Å². The smallest absolute Gasteiger partial charge is 0.256 e. The van der Waals surface area contributed by atoms with Crippen LogP contribution in [0.4, 0.5) is 5.00 Å². The van der Waals surface area contributed by atoms with Crippen molar-refractivity contribution in [2.24, 2.45) is 0 Å². The number of carbonyl (C=O) groups is 2. The number of nitrogens with zero attached hydrogens (tertiary/aromatic N) is 1. The Morgan fingerprint density at radius 2 is 2.00 bits per heavy atom. The van der Waals surface area contributed by atoms with Crippen LogP contribution in [0.3, 0.4) is 0 Å². The van der Waals surface area contributed by atoms with E-state index >= 15 is 0 Å². The van der Waals surface area contributed by atoms with Crippen molar-refractivity contribution in [2.45, 2.75) is 13.5 Å². The van der Waals surface area contributed by atoms with Crippen LogP contribution in [-0.4, -0.2) is 30.3 Å². The van der Waals surface area contributed by atoms with Crippen molar-refractivity contribution in [2.75, 3.05) is 19.4 Å². The van der Waals surface area contributed by atoms with E-state index in [4.69, 9.17) is 0 Å². The Kier molecular flexibility index (Phi) is 5.11. The molecule has 0 aliphatic heterocycles. The quantitative estimate of drug-likeness (QED) is 0.785. The summed E-state index contributed by atoms with van der Waals surface area (Å²) in [6.07, 6.45) is 0. The Morgan fingerprint density at radius 1 is 1.23 bits per heavy atom. The number of nitrogens with one attached hydrogen (secondary N) is 3. The summed E-state index contributed by atoms with van der Waals surface area (Å²) < 4.78 is 4.18. The van der Waals surface area contributed by atoms with E-state index in [0.717, 1.165) is 10.6 Å². The zero-order valence-corrected chi connectivity index (χ0v) is 13.5. The van der Waals surface area contributed by atoms with Gasteiger partial charge in [0.15, 0.2) is 0 Å². The van der Waals surface area contributed by atoms with Gasteiger partial charge in [-0.15, -0.1) is 0 Å². The second kappa shape index (κ2) is 7.04. The van der Waals surface area contributed by atoms with Gasteiger partial charge in [0, 0.05) is 26.2 Å². The van der Waals surface area contributed by atoms with Gasteiger partial charge in [0.25, 0.3) is 11.8 Å². The SMILES string of the molecule is CNC(=O)c1cccc(CNC(=O)c2c(C)nsc2NC)c1. The third-order valence-electron chi connectivity index (χ3n) is 3.19. The van der Waals surface area contributed by atoms with Gasteiger partial charge in [0.05, 0.1) is 11.3 Å². The number of anilines is 1. The highest BCUT2D eigenvalue weighted by Crippen LogP contribution is 2.23. The van der Waals surface area contributed by atoms with Crippen molar-refractivity contribution in [3.8, 4) is 0 Å². The summed E-state index contributed by atoms with van der Waals surface area (Å²) in [6.45, 7) is 2.15. The molecule has 0 saturated carbocycles. The van der Waals surface area contributed by atoms with Gasteiger partial charge in [-0.2, -0.15) is 4.37 Å². The summed E-state index contributed by atoms with van der Waals surface area (Å²) in [6, 6.07) is 7.15. The van der Waals surface area contributed by atoms with E-state index in [9.17, 15) is 9.59 Å². The molecule has 0 fully saturated rings. The van der Waals surface area contributed by atoms with Crippen molar-refractivity contribution in [1.82, 2.24) is 15.0 Å². The van der Waals surface area contributed by atoms with Crippen LogP contribution in [0.1, 0.15) is 32.0 Å². The van der Waals surface area contributed by atoms with E-state index in [-0.39, 0.29) is 11.8 Å².